The highest BCUT2D eigenvalue weighted by molar-refractivity contribution is 5.78. The van der Waals surface area contributed by atoms with Crippen LogP contribution in [0.25, 0.3) is 0 Å². The number of nitrogen functional groups attached to an aromatic ring is 1. The van der Waals surface area contributed by atoms with Crippen molar-refractivity contribution < 1.29 is 14.6 Å². The second-order valence-corrected chi connectivity index (χ2v) is 4.14. The molecule has 0 spiro atoms. The average molecular weight is 236 g/mol. The predicted molar refractivity (Wildman–Crippen MR) is 63.6 cm³/mol. The summed E-state index contributed by atoms with van der Waals surface area (Å²) in [6.07, 6.45) is 0.246. The molecule has 92 valence electrons. The molecule has 5 nitrogen and oxygen atoms in total. The number of carbonyl (C=O) groups is 1. The highest BCUT2D eigenvalue weighted by Crippen LogP contribution is 2.15. The van der Waals surface area contributed by atoms with Crippen LogP contribution in [0.15, 0.2) is 24.3 Å². The lowest BCUT2D eigenvalue weighted by molar-refractivity contribution is -0.132. The van der Waals surface area contributed by atoms with E-state index in [1.165, 1.54) is 0 Å². The van der Waals surface area contributed by atoms with Gasteiger partial charge in [-0.2, -0.15) is 0 Å². The van der Waals surface area contributed by atoms with E-state index in [1.807, 2.05) is 0 Å². The number of rotatable bonds is 3. The zero-order chi connectivity index (χ0) is 12.3. The lowest BCUT2D eigenvalue weighted by Crippen LogP contribution is -2.33. The van der Waals surface area contributed by atoms with Gasteiger partial charge in [-0.05, 0) is 18.6 Å². The molecule has 0 bridgehead atoms. The molecule has 1 heterocycles. The molecule has 1 saturated heterocycles. The molecular weight excluding hydrogens is 220 g/mol. The Labute approximate surface area is 99.8 Å². The Morgan fingerprint density at radius 3 is 3.06 bits per heavy atom. The molecule has 1 aromatic rings. The standard InChI is InChI=1S/C12H16N2O3/c13-9-2-1-3-11(6-9)17-8-12(16)14-5-4-10(15)7-14/h1-3,6,10,15H,4-5,7-8,13H2. The maximum Gasteiger partial charge on any atom is 0.260 e. The number of β-amino-alcohol motifs (C(OH)–C–C–N with tert-alkyl or cyclic N) is 1. The normalized spacial score (nSPS) is 19.4. The summed E-state index contributed by atoms with van der Waals surface area (Å²) in [6.45, 7) is 0.982. The number of nitrogens with two attached hydrogens (primary N) is 1. The topological polar surface area (TPSA) is 75.8 Å². The summed E-state index contributed by atoms with van der Waals surface area (Å²) in [6, 6.07) is 6.95. The zero-order valence-corrected chi connectivity index (χ0v) is 9.50. The molecule has 1 atom stereocenters. The fourth-order valence-electron chi connectivity index (χ4n) is 1.81. The zero-order valence-electron chi connectivity index (χ0n) is 9.50. The largest absolute Gasteiger partial charge is 0.484 e. The van der Waals surface area contributed by atoms with E-state index in [0.29, 0.717) is 30.9 Å². The van der Waals surface area contributed by atoms with Gasteiger partial charge >= 0.3 is 0 Å². The maximum atomic E-state index is 11.7. The second-order valence-electron chi connectivity index (χ2n) is 4.14. The van der Waals surface area contributed by atoms with Crippen LogP contribution >= 0.6 is 0 Å². The van der Waals surface area contributed by atoms with Crippen molar-refractivity contribution >= 4 is 11.6 Å². The molecule has 1 unspecified atom stereocenters. The minimum absolute atomic E-state index is 0.0177. The molecule has 1 fully saturated rings. The monoisotopic (exact) mass is 236 g/mol. The van der Waals surface area contributed by atoms with Gasteiger partial charge in [0, 0.05) is 24.8 Å². The fraction of sp³-hybridized carbons (Fsp3) is 0.417. The van der Waals surface area contributed by atoms with Gasteiger partial charge in [0.05, 0.1) is 6.10 Å². The third kappa shape index (κ3) is 3.10. The van der Waals surface area contributed by atoms with Crippen LogP contribution in [0, 0.1) is 0 Å². The van der Waals surface area contributed by atoms with Crippen LogP contribution in [0.3, 0.4) is 0 Å². The average Bonchev–Trinajstić information content (AvgIpc) is 2.73. The molecule has 1 aliphatic rings. The molecule has 1 amide bonds. The van der Waals surface area contributed by atoms with Gasteiger partial charge in [-0.1, -0.05) is 6.07 Å². The summed E-state index contributed by atoms with van der Waals surface area (Å²) < 4.78 is 5.34. The minimum atomic E-state index is -0.397. The summed E-state index contributed by atoms with van der Waals surface area (Å²) in [4.78, 5) is 13.3. The summed E-state index contributed by atoms with van der Waals surface area (Å²) in [5.41, 5.74) is 6.20. The molecule has 0 aromatic heterocycles. The van der Waals surface area contributed by atoms with Crippen LogP contribution in [0.4, 0.5) is 5.69 Å². The van der Waals surface area contributed by atoms with E-state index in [4.69, 9.17) is 10.5 Å². The first-order chi connectivity index (χ1) is 8.15. The van der Waals surface area contributed by atoms with Gasteiger partial charge in [0.25, 0.3) is 5.91 Å². The van der Waals surface area contributed by atoms with Crippen LogP contribution in [-0.4, -0.2) is 41.7 Å². The number of amides is 1. The number of aliphatic hydroxyl groups excluding tert-OH is 1. The van der Waals surface area contributed by atoms with Gasteiger partial charge in [-0.25, -0.2) is 0 Å². The van der Waals surface area contributed by atoms with E-state index in [9.17, 15) is 9.90 Å². The van der Waals surface area contributed by atoms with Gasteiger partial charge in [0.15, 0.2) is 6.61 Å². The first kappa shape index (κ1) is 11.7. The number of hydrogen-bond donors (Lipinski definition) is 2. The van der Waals surface area contributed by atoms with Crippen molar-refractivity contribution in [2.45, 2.75) is 12.5 Å². The predicted octanol–water partition coefficient (Wildman–Crippen LogP) is 0.241. The van der Waals surface area contributed by atoms with E-state index < -0.39 is 6.10 Å². The number of hydrogen-bond acceptors (Lipinski definition) is 4. The van der Waals surface area contributed by atoms with Crippen LogP contribution in [0.2, 0.25) is 0 Å². The number of benzene rings is 1. The number of aliphatic hydroxyl groups is 1. The van der Waals surface area contributed by atoms with Crippen LogP contribution in [-0.2, 0) is 4.79 Å². The van der Waals surface area contributed by atoms with Crippen LogP contribution in [0.1, 0.15) is 6.42 Å². The van der Waals surface area contributed by atoms with E-state index in [2.05, 4.69) is 0 Å². The van der Waals surface area contributed by atoms with E-state index in [0.717, 1.165) is 0 Å². The van der Waals surface area contributed by atoms with Crippen molar-refractivity contribution in [3.8, 4) is 5.75 Å². The van der Waals surface area contributed by atoms with Gasteiger partial charge in [0.2, 0.25) is 0 Å². The smallest absolute Gasteiger partial charge is 0.260 e. The van der Waals surface area contributed by atoms with Crippen molar-refractivity contribution in [3.05, 3.63) is 24.3 Å². The molecule has 3 N–H and O–H groups in total. The lowest BCUT2D eigenvalue weighted by Gasteiger charge is -2.15. The SMILES string of the molecule is Nc1cccc(OCC(=O)N2CCC(O)C2)c1. The number of carbonyl (C=O) groups excluding carboxylic acids is 1. The Kier molecular flexibility index (Phi) is 3.49. The molecular formula is C12H16N2O3. The molecule has 1 aromatic carbocycles. The van der Waals surface area contributed by atoms with Crippen molar-refractivity contribution in [3.63, 3.8) is 0 Å². The molecule has 5 heteroatoms. The van der Waals surface area contributed by atoms with Crippen molar-refractivity contribution in [2.75, 3.05) is 25.4 Å². The maximum absolute atomic E-state index is 11.7. The first-order valence-electron chi connectivity index (χ1n) is 5.59. The molecule has 0 aliphatic carbocycles. The fourth-order valence-corrected chi connectivity index (χ4v) is 1.81. The van der Waals surface area contributed by atoms with Gasteiger partial charge in [-0.3, -0.25) is 4.79 Å². The van der Waals surface area contributed by atoms with Gasteiger partial charge in [-0.15, -0.1) is 0 Å². The summed E-state index contributed by atoms with van der Waals surface area (Å²) in [7, 11) is 0. The molecule has 0 saturated carbocycles. The van der Waals surface area contributed by atoms with Crippen molar-refractivity contribution in [2.24, 2.45) is 0 Å². The molecule has 2 rings (SSSR count). The molecule has 1 aliphatic heterocycles. The van der Waals surface area contributed by atoms with Crippen molar-refractivity contribution in [1.29, 1.82) is 0 Å². The minimum Gasteiger partial charge on any atom is -0.484 e. The molecule has 17 heavy (non-hydrogen) atoms. The van der Waals surface area contributed by atoms with E-state index in [-0.39, 0.29) is 12.5 Å². The first-order valence-corrected chi connectivity index (χ1v) is 5.59. The molecule has 0 radical (unpaired) electrons. The summed E-state index contributed by atoms with van der Waals surface area (Å²) in [5.74, 6) is 0.474. The number of ether oxygens (including phenoxy) is 1. The van der Waals surface area contributed by atoms with Crippen LogP contribution < -0.4 is 10.5 Å². The third-order valence-electron chi connectivity index (χ3n) is 2.74. The van der Waals surface area contributed by atoms with Gasteiger partial charge in [0.1, 0.15) is 5.75 Å². The Bertz CT molecular complexity index is 408. The van der Waals surface area contributed by atoms with E-state index >= 15 is 0 Å². The Morgan fingerprint density at radius 1 is 1.59 bits per heavy atom. The second kappa shape index (κ2) is 5.05. The summed E-state index contributed by atoms with van der Waals surface area (Å²) >= 11 is 0. The quantitative estimate of drug-likeness (QED) is 0.737. The number of likely N-dealkylation sites (tertiary alicyclic amines) is 1. The van der Waals surface area contributed by atoms with Crippen LogP contribution in [0.5, 0.6) is 5.75 Å². The summed E-state index contributed by atoms with van der Waals surface area (Å²) in [5, 5.41) is 9.32. The highest BCUT2D eigenvalue weighted by Gasteiger charge is 2.24. The third-order valence-corrected chi connectivity index (χ3v) is 2.74. The Hall–Kier alpha value is -1.75. The van der Waals surface area contributed by atoms with E-state index in [1.54, 1.807) is 29.2 Å². The van der Waals surface area contributed by atoms with Crippen molar-refractivity contribution in [1.82, 2.24) is 4.90 Å². The number of nitrogens with zero attached hydrogens (tertiary/aromatic N) is 1. The van der Waals surface area contributed by atoms with Gasteiger partial charge < -0.3 is 20.5 Å². The lowest BCUT2D eigenvalue weighted by atomic mass is 10.3. The highest BCUT2D eigenvalue weighted by atomic mass is 16.5. The Balaban J connectivity index is 1.84. The Morgan fingerprint density at radius 2 is 2.41 bits per heavy atom. The number of anilines is 1.